The molecule has 0 aliphatic heterocycles. The molecule has 3 unspecified atom stereocenters. The molecule has 4 nitrogen and oxygen atoms in total. The van der Waals surface area contributed by atoms with E-state index in [1.165, 1.54) is 4.90 Å². The van der Waals surface area contributed by atoms with E-state index in [9.17, 15) is 9.90 Å². The van der Waals surface area contributed by atoms with Crippen molar-refractivity contribution in [2.24, 2.45) is 11.8 Å². The van der Waals surface area contributed by atoms with Gasteiger partial charge in [-0.15, -0.1) is 0 Å². The van der Waals surface area contributed by atoms with Crippen molar-refractivity contribution in [3.05, 3.63) is 48.0 Å². The van der Waals surface area contributed by atoms with Gasteiger partial charge in [-0.05, 0) is 37.7 Å². The Morgan fingerprint density at radius 2 is 1.83 bits per heavy atom. The fourth-order valence-electron chi connectivity index (χ4n) is 2.64. The van der Waals surface area contributed by atoms with Gasteiger partial charge in [0, 0.05) is 20.0 Å². The molecular weight excluding hydrogens is 302 g/mol. The monoisotopic (exact) mass is 333 g/mol. The van der Waals surface area contributed by atoms with Gasteiger partial charge in [-0.1, -0.05) is 49.4 Å². The SMILES string of the molecule is C=C(C)C(CCC(C)CCOC(=O)N(C)C)C(O)c1ccccc1. The van der Waals surface area contributed by atoms with Crippen LogP contribution in [0, 0.1) is 11.8 Å². The van der Waals surface area contributed by atoms with Crippen LogP contribution in [0.3, 0.4) is 0 Å². The molecule has 0 spiro atoms. The average Bonchev–Trinajstić information content (AvgIpc) is 2.55. The average molecular weight is 333 g/mol. The summed E-state index contributed by atoms with van der Waals surface area (Å²) >= 11 is 0. The third kappa shape index (κ3) is 6.75. The number of ether oxygens (including phenoxy) is 1. The van der Waals surface area contributed by atoms with E-state index in [4.69, 9.17) is 4.74 Å². The zero-order valence-corrected chi connectivity index (χ0v) is 15.4. The third-order valence-electron chi connectivity index (χ3n) is 4.33. The first-order valence-electron chi connectivity index (χ1n) is 8.55. The number of carbonyl (C=O) groups excluding carboxylic acids is 1. The summed E-state index contributed by atoms with van der Waals surface area (Å²) in [7, 11) is 3.35. The highest BCUT2D eigenvalue weighted by Gasteiger charge is 2.22. The number of aliphatic hydroxyl groups is 1. The first-order chi connectivity index (χ1) is 11.3. The molecule has 1 aromatic carbocycles. The summed E-state index contributed by atoms with van der Waals surface area (Å²) in [5.41, 5.74) is 1.93. The molecule has 24 heavy (non-hydrogen) atoms. The minimum Gasteiger partial charge on any atom is -0.449 e. The molecule has 1 N–H and O–H groups in total. The maximum Gasteiger partial charge on any atom is 0.409 e. The van der Waals surface area contributed by atoms with E-state index < -0.39 is 6.10 Å². The molecule has 4 heteroatoms. The lowest BCUT2D eigenvalue weighted by Gasteiger charge is -2.25. The predicted octanol–water partition coefficient (Wildman–Crippen LogP) is 4.42. The first-order valence-corrected chi connectivity index (χ1v) is 8.55. The molecule has 0 radical (unpaired) electrons. The van der Waals surface area contributed by atoms with Gasteiger partial charge in [-0.3, -0.25) is 0 Å². The van der Waals surface area contributed by atoms with Crippen LogP contribution in [0.1, 0.15) is 44.8 Å². The summed E-state index contributed by atoms with van der Waals surface area (Å²) in [5.74, 6) is 0.462. The molecule has 0 aliphatic rings. The number of aliphatic hydroxyl groups excluding tert-OH is 1. The summed E-state index contributed by atoms with van der Waals surface area (Å²) in [4.78, 5) is 12.8. The van der Waals surface area contributed by atoms with Crippen LogP contribution in [-0.2, 0) is 4.74 Å². The molecule has 0 aromatic heterocycles. The summed E-state index contributed by atoms with van der Waals surface area (Å²) < 4.78 is 5.17. The van der Waals surface area contributed by atoms with Crippen molar-refractivity contribution >= 4 is 6.09 Å². The van der Waals surface area contributed by atoms with E-state index in [1.54, 1.807) is 14.1 Å². The predicted molar refractivity (Wildman–Crippen MR) is 97.8 cm³/mol. The van der Waals surface area contributed by atoms with E-state index in [0.717, 1.165) is 30.4 Å². The summed E-state index contributed by atoms with van der Waals surface area (Å²) in [5, 5.41) is 10.6. The van der Waals surface area contributed by atoms with Crippen molar-refractivity contribution in [1.29, 1.82) is 0 Å². The second-order valence-corrected chi connectivity index (χ2v) is 6.79. The second-order valence-electron chi connectivity index (χ2n) is 6.79. The van der Waals surface area contributed by atoms with Crippen molar-refractivity contribution in [3.8, 4) is 0 Å². The first kappa shape index (κ1) is 20.2. The highest BCUT2D eigenvalue weighted by atomic mass is 16.6. The molecule has 0 saturated heterocycles. The van der Waals surface area contributed by atoms with Gasteiger partial charge in [0.25, 0.3) is 0 Å². The van der Waals surface area contributed by atoms with Gasteiger partial charge >= 0.3 is 6.09 Å². The Balaban J connectivity index is 2.46. The highest BCUT2D eigenvalue weighted by molar-refractivity contribution is 5.66. The molecule has 0 aliphatic carbocycles. The Kier molecular flexibility index (Phi) is 8.55. The molecule has 1 rings (SSSR count). The minimum atomic E-state index is -0.525. The van der Waals surface area contributed by atoms with E-state index in [-0.39, 0.29) is 12.0 Å². The molecule has 0 heterocycles. The van der Waals surface area contributed by atoms with Gasteiger partial charge in [0.05, 0.1) is 12.7 Å². The summed E-state index contributed by atoms with van der Waals surface area (Å²) in [6.07, 6.45) is 1.82. The van der Waals surface area contributed by atoms with E-state index >= 15 is 0 Å². The van der Waals surface area contributed by atoms with Gasteiger partial charge in [0.15, 0.2) is 0 Å². The molecule has 0 bridgehead atoms. The van der Waals surface area contributed by atoms with E-state index in [2.05, 4.69) is 13.5 Å². The lowest BCUT2D eigenvalue weighted by molar-refractivity contribution is 0.106. The van der Waals surface area contributed by atoms with Crippen molar-refractivity contribution in [3.63, 3.8) is 0 Å². The van der Waals surface area contributed by atoms with Crippen molar-refractivity contribution in [2.45, 2.75) is 39.2 Å². The fraction of sp³-hybridized carbons (Fsp3) is 0.550. The number of benzene rings is 1. The Labute approximate surface area is 146 Å². The van der Waals surface area contributed by atoms with Crippen LogP contribution < -0.4 is 0 Å². The minimum absolute atomic E-state index is 0.0409. The lowest BCUT2D eigenvalue weighted by atomic mass is 9.84. The van der Waals surface area contributed by atoms with Gasteiger partial charge in [-0.2, -0.15) is 0 Å². The van der Waals surface area contributed by atoms with Gasteiger partial charge < -0.3 is 14.7 Å². The Morgan fingerprint density at radius 3 is 2.38 bits per heavy atom. The largest absolute Gasteiger partial charge is 0.449 e. The standard InChI is InChI=1S/C20H31NO3/c1-15(2)18(19(22)17-9-7-6-8-10-17)12-11-16(3)13-14-24-20(23)21(4)5/h6-10,16,18-19,22H,1,11-14H2,2-5H3. The van der Waals surface area contributed by atoms with Gasteiger partial charge in [0.2, 0.25) is 0 Å². The smallest absolute Gasteiger partial charge is 0.409 e. The molecule has 134 valence electrons. The molecule has 3 atom stereocenters. The molecular formula is C20H31NO3. The number of carbonyl (C=O) groups is 1. The van der Waals surface area contributed by atoms with E-state index in [1.807, 2.05) is 37.3 Å². The second kappa shape index (κ2) is 10.1. The normalized spacial score (nSPS) is 14.5. The van der Waals surface area contributed by atoms with Crippen molar-refractivity contribution in [1.82, 2.24) is 4.90 Å². The quantitative estimate of drug-likeness (QED) is 0.681. The van der Waals surface area contributed by atoms with Crippen LogP contribution in [0.4, 0.5) is 4.79 Å². The van der Waals surface area contributed by atoms with Crippen molar-refractivity contribution in [2.75, 3.05) is 20.7 Å². The maximum atomic E-state index is 11.4. The Bertz CT molecular complexity index is 513. The van der Waals surface area contributed by atoms with Crippen LogP contribution >= 0.6 is 0 Å². The molecule has 0 saturated carbocycles. The summed E-state index contributed by atoms with van der Waals surface area (Å²) in [6, 6.07) is 9.73. The van der Waals surface area contributed by atoms with Crippen LogP contribution in [0.15, 0.2) is 42.5 Å². The zero-order chi connectivity index (χ0) is 18.1. The highest BCUT2D eigenvalue weighted by Crippen LogP contribution is 2.32. The lowest BCUT2D eigenvalue weighted by Crippen LogP contribution is -2.23. The zero-order valence-electron chi connectivity index (χ0n) is 15.4. The van der Waals surface area contributed by atoms with Crippen molar-refractivity contribution < 1.29 is 14.6 Å². The third-order valence-corrected chi connectivity index (χ3v) is 4.33. The molecule has 1 aromatic rings. The number of amides is 1. The number of hydrogen-bond donors (Lipinski definition) is 1. The van der Waals surface area contributed by atoms with Crippen LogP contribution in [0.2, 0.25) is 0 Å². The summed E-state index contributed by atoms with van der Waals surface area (Å²) in [6.45, 7) is 8.60. The Hall–Kier alpha value is -1.81. The van der Waals surface area contributed by atoms with Gasteiger partial charge in [0.1, 0.15) is 0 Å². The van der Waals surface area contributed by atoms with Crippen LogP contribution in [0.25, 0.3) is 0 Å². The van der Waals surface area contributed by atoms with Crippen LogP contribution in [0.5, 0.6) is 0 Å². The molecule has 1 amide bonds. The number of hydrogen-bond acceptors (Lipinski definition) is 3. The molecule has 0 fully saturated rings. The fourth-order valence-corrected chi connectivity index (χ4v) is 2.64. The number of rotatable bonds is 9. The topological polar surface area (TPSA) is 49.8 Å². The van der Waals surface area contributed by atoms with E-state index in [0.29, 0.717) is 12.5 Å². The Morgan fingerprint density at radius 1 is 1.21 bits per heavy atom. The maximum absolute atomic E-state index is 11.4. The van der Waals surface area contributed by atoms with Gasteiger partial charge in [-0.25, -0.2) is 4.79 Å². The number of nitrogens with zero attached hydrogens (tertiary/aromatic N) is 1. The van der Waals surface area contributed by atoms with Crippen LogP contribution in [-0.4, -0.2) is 36.8 Å².